The maximum absolute atomic E-state index is 11.4. The van der Waals surface area contributed by atoms with E-state index in [1.54, 1.807) is 55.5 Å². The van der Waals surface area contributed by atoms with Crippen molar-refractivity contribution >= 4 is 10.0 Å². The zero-order chi connectivity index (χ0) is 22.0. The Labute approximate surface area is 177 Å². The SMILES string of the molecule is COc1ccc(OCc2c(-c3nc(-c4ccc(S(N)(=O)=O)cc4)no3)cnn2C)nc1. The molecule has 0 aliphatic rings. The summed E-state index contributed by atoms with van der Waals surface area (Å²) in [6.07, 6.45) is 3.16. The Morgan fingerprint density at radius 2 is 1.90 bits per heavy atom. The smallest absolute Gasteiger partial charge is 0.261 e. The first-order valence-corrected chi connectivity index (χ1v) is 10.5. The van der Waals surface area contributed by atoms with Crippen LogP contribution in [0.3, 0.4) is 0 Å². The summed E-state index contributed by atoms with van der Waals surface area (Å²) in [7, 11) is -0.444. The first kappa shape index (κ1) is 20.5. The van der Waals surface area contributed by atoms with Crippen molar-refractivity contribution in [1.29, 1.82) is 0 Å². The van der Waals surface area contributed by atoms with Crippen molar-refractivity contribution in [3.8, 4) is 34.5 Å². The normalized spacial score (nSPS) is 11.5. The minimum Gasteiger partial charge on any atom is -0.495 e. The van der Waals surface area contributed by atoms with E-state index >= 15 is 0 Å². The van der Waals surface area contributed by atoms with Gasteiger partial charge in [-0.25, -0.2) is 18.5 Å². The Morgan fingerprint density at radius 3 is 2.55 bits per heavy atom. The number of methoxy groups -OCH3 is 1. The number of aromatic nitrogens is 5. The highest BCUT2D eigenvalue weighted by molar-refractivity contribution is 7.89. The molecular formula is C19H18N6O5S. The van der Waals surface area contributed by atoms with Crippen LogP contribution in [0.5, 0.6) is 11.6 Å². The number of hydrogen-bond acceptors (Lipinski definition) is 9. The summed E-state index contributed by atoms with van der Waals surface area (Å²) in [6.45, 7) is 0.173. The Balaban J connectivity index is 1.55. The van der Waals surface area contributed by atoms with Gasteiger partial charge in [-0.2, -0.15) is 10.1 Å². The number of sulfonamides is 1. The molecule has 0 bridgehead atoms. The summed E-state index contributed by atoms with van der Waals surface area (Å²) in [5, 5.41) is 13.3. The molecule has 31 heavy (non-hydrogen) atoms. The average Bonchev–Trinajstić information content (AvgIpc) is 3.39. The van der Waals surface area contributed by atoms with Crippen molar-refractivity contribution in [3.05, 3.63) is 54.5 Å². The van der Waals surface area contributed by atoms with Gasteiger partial charge in [-0.05, 0) is 30.3 Å². The van der Waals surface area contributed by atoms with Gasteiger partial charge in [0.2, 0.25) is 21.7 Å². The monoisotopic (exact) mass is 442 g/mol. The molecule has 0 saturated heterocycles. The summed E-state index contributed by atoms with van der Waals surface area (Å²) in [4.78, 5) is 8.56. The van der Waals surface area contributed by atoms with Crippen LogP contribution in [-0.2, 0) is 23.7 Å². The zero-order valence-electron chi connectivity index (χ0n) is 16.6. The van der Waals surface area contributed by atoms with Gasteiger partial charge in [0.15, 0.2) is 0 Å². The molecule has 160 valence electrons. The molecule has 11 nitrogen and oxygen atoms in total. The maximum atomic E-state index is 11.4. The van der Waals surface area contributed by atoms with Gasteiger partial charge in [0.25, 0.3) is 5.89 Å². The Bertz CT molecular complexity index is 1300. The van der Waals surface area contributed by atoms with Gasteiger partial charge in [0.05, 0.1) is 35.7 Å². The van der Waals surface area contributed by atoms with Gasteiger partial charge in [0.1, 0.15) is 12.4 Å². The number of benzene rings is 1. The molecule has 0 unspecified atom stereocenters. The van der Waals surface area contributed by atoms with Gasteiger partial charge in [-0.3, -0.25) is 4.68 Å². The lowest BCUT2D eigenvalue weighted by molar-refractivity contribution is 0.282. The van der Waals surface area contributed by atoms with E-state index < -0.39 is 10.0 Å². The van der Waals surface area contributed by atoms with E-state index in [1.165, 1.54) is 12.1 Å². The molecule has 0 atom stereocenters. The average molecular weight is 442 g/mol. The molecule has 0 radical (unpaired) electrons. The number of pyridine rings is 1. The number of primary sulfonamides is 1. The van der Waals surface area contributed by atoms with Crippen molar-refractivity contribution in [2.75, 3.05) is 7.11 Å². The quantitative estimate of drug-likeness (QED) is 0.452. The van der Waals surface area contributed by atoms with E-state index in [2.05, 4.69) is 20.2 Å². The summed E-state index contributed by atoms with van der Waals surface area (Å²) in [6, 6.07) is 9.31. The van der Waals surface area contributed by atoms with Crippen LogP contribution in [0.1, 0.15) is 5.69 Å². The van der Waals surface area contributed by atoms with Crippen molar-refractivity contribution in [1.82, 2.24) is 24.9 Å². The van der Waals surface area contributed by atoms with E-state index in [9.17, 15) is 8.42 Å². The first-order valence-electron chi connectivity index (χ1n) is 8.96. The highest BCUT2D eigenvalue weighted by Crippen LogP contribution is 2.26. The third kappa shape index (κ3) is 4.39. The molecular weight excluding hydrogens is 424 g/mol. The molecule has 4 rings (SSSR count). The molecule has 2 N–H and O–H groups in total. The molecule has 0 aliphatic heterocycles. The van der Waals surface area contributed by atoms with Crippen molar-refractivity contribution < 1.29 is 22.4 Å². The second kappa shape index (κ2) is 8.16. The summed E-state index contributed by atoms with van der Waals surface area (Å²) < 4.78 is 40.7. The van der Waals surface area contributed by atoms with Gasteiger partial charge < -0.3 is 14.0 Å². The lowest BCUT2D eigenvalue weighted by Crippen LogP contribution is -2.11. The van der Waals surface area contributed by atoms with Crippen molar-refractivity contribution in [3.63, 3.8) is 0 Å². The van der Waals surface area contributed by atoms with Gasteiger partial charge in [-0.15, -0.1) is 0 Å². The molecule has 0 spiro atoms. The summed E-state index contributed by atoms with van der Waals surface area (Å²) in [5.41, 5.74) is 1.89. The van der Waals surface area contributed by atoms with Crippen LogP contribution in [-0.4, -0.2) is 40.4 Å². The molecule has 1 aromatic carbocycles. The van der Waals surface area contributed by atoms with Crippen LogP contribution in [0.2, 0.25) is 0 Å². The summed E-state index contributed by atoms with van der Waals surface area (Å²) >= 11 is 0. The molecule has 4 aromatic rings. The largest absolute Gasteiger partial charge is 0.495 e. The lowest BCUT2D eigenvalue weighted by atomic mass is 10.2. The number of hydrogen-bond donors (Lipinski definition) is 1. The van der Waals surface area contributed by atoms with E-state index in [1.807, 2.05) is 0 Å². The number of rotatable bonds is 7. The van der Waals surface area contributed by atoms with Gasteiger partial charge >= 0.3 is 0 Å². The van der Waals surface area contributed by atoms with E-state index in [-0.39, 0.29) is 17.4 Å². The zero-order valence-corrected chi connectivity index (χ0v) is 17.4. The molecule has 0 fully saturated rings. The van der Waals surface area contributed by atoms with Gasteiger partial charge in [0, 0.05) is 18.7 Å². The number of nitrogens with two attached hydrogens (primary N) is 1. The fourth-order valence-electron chi connectivity index (χ4n) is 2.77. The van der Waals surface area contributed by atoms with Crippen molar-refractivity contribution in [2.24, 2.45) is 12.2 Å². The topological polar surface area (TPSA) is 148 Å². The minimum atomic E-state index is -3.78. The standard InChI is InChI=1S/C19H18N6O5S/c1-25-16(11-29-17-8-5-13(28-2)9-21-17)15(10-22-25)19-23-18(24-30-19)12-3-6-14(7-4-12)31(20,26)27/h3-10H,11H2,1-2H3,(H2,20,26,27). The van der Waals surface area contributed by atoms with Gasteiger partial charge in [-0.1, -0.05) is 5.16 Å². The molecule has 3 aromatic heterocycles. The Hall–Kier alpha value is -3.77. The van der Waals surface area contributed by atoms with E-state index in [0.29, 0.717) is 34.3 Å². The van der Waals surface area contributed by atoms with Crippen LogP contribution in [0, 0.1) is 0 Å². The van der Waals surface area contributed by atoms with E-state index in [4.69, 9.17) is 19.1 Å². The lowest BCUT2D eigenvalue weighted by Gasteiger charge is -2.07. The van der Waals surface area contributed by atoms with E-state index in [0.717, 1.165) is 0 Å². The Morgan fingerprint density at radius 1 is 1.13 bits per heavy atom. The number of nitrogens with zero attached hydrogens (tertiary/aromatic N) is 5. The molecule has 3 heterocycles. The second-order valence-corrected chi connectivity index (χ2v) is 8.01. The molecule has 0 saturated carbocycles. The molecule has 12 heteroatoms. The van der Waals surface area contributed by atoms with Crippen LogP contribution in [0.4, 0.5) is 0 Å². The minimum absolute atomic E-state index is 0.00111. The fraction of sp³-hybridized carbons (Fsp3) is 0.158. The predicted octanol–water partition coefficient (Wildman–Crippen LogP) is 1.77. The van der Waals surface area contributed by atoms with Crippen LogP contribution >= 0.6 is 0 Å². The van der Waals surface area contributed by atoms with Crippen LogP contribution in [0.15, 0.2) is 58.2 Å². The van der Waals surface area contributed by atoms with Crippen molar-refractivity contribution in [2.45, 2.75) is 11.5 Å². The maximum Gasteiger partial charge on any atom is 0.261 e. The van der Waals surface area contributed by atoms with Crippen LogP contribution < -0.4 is 14.6 Å². The molecule has 0 aliphatic carbocycles. The first-order chi connectivity index (χ1) is 14.8. The fourth-order valence-corrected chi connectivity index (χ4v) is 3.29. The van der Waals surface area contributed by atoms with Crippen LogP contribution in [0.25, 0.3) is 22.8 Å². The second-order valence-electron chi connectivity index (χ2n) is 6.45. The predicted molar refractivity (Wildman–Crippen MR) is 108 cm³/mol. The molecule has 0 amide bonds. The highest BCUT2D eigenvalue weighted by atomic mass is 32.2. The third-order valence-corrected chi connectivity index (χ3v) is 5.39. The number of ether oxygens (including phenoxy) is 2. The summed E-state index contributed by atoms with van der Waals surface area (Å²) in [5.74, 6) is 1.60. The Kier molecular flexibility index (Phi) is 5.40. The third-order valence-electron chi connectivity index (χ3n) is 4.46. The number of aryl methyl sites for hydroxylation is 1. The highest BCUT2D eigenvalue weighted by Gasteiger charge is 2.19.